The van der Waals surface area contributed by atoms with Gasteiger partial charge in [-0.2, -0.15) is 0 Å². The van der Waals surface area contributed by atoms with Crippen LogP contribution in [0.25, 0.3) is 0 Å². The maximum Gasteiger partial charge on any atom is 0.251 e. The topological polar surface area (TPSA) is 60.4 Å². The molecule has 31 heavy (non-hydrogen) atoms. The number of nitrogens with zero attached hydrogens (tertiary/aromatic N) is 4. The molecule has 3 heterocycles. The van der Waals surface area contributed by atoms with Crippen LogP contribution >= 0.6 is 24.0 Å². The van der Waals surface area contributed by atoms with E-state index in [1.807, 2.05) is 11.9 Å². The van der Waals surface area contributed by atoms with E-state index in [9.17, 15) is 4.79 Å². The standard InChI is InChI=1S/C23H35N5O2.HI/c1-24-23(27-14-12-26(13-15-27)22(29)21-10-6-16-30-21)25-17-20-9-5-11-28(20)18-19-7-3-2-4-8-19;/h2-4,7-8,20-21H,5-6,9-18H2,1H3,(H,24,25);1H. The van der Waals surface area contributed by atoms with Gasteiger partial charge in [-0.05, 0) is 37.8 Å². The minimum Gasteiger partial charge on any atom is -0.368 e. The van der Waals surface area contributed by atoms with Crippen LogP contribution in [0.1, 0.15) is 31.2 Å². The van der Waals surface area contributed by atoms with Crippen molar-refractivity contribution < 1.29 is 9.53 Å². The Morgan fingerprint density at radius 2 is 1.81 bits per heavy atom. The summed E-state index contributed by atoms with van der Waals surface area (Å²) in [6.45, 7) is 6.91. The molecule has 8 heteroatoms. The molecular formula is C23H36IN5O2. The van der Waals surface area contributed by atoms with Crippen molar-refractivity contribution in [3.05, 3.63) is 35.9 Å². The van der Waals surface area contributed by atoms with Crippen LogP contribution in [-0.2, 0) is 16.1 Å². The molecule has 0 aliphatic carbocycles. The second kappa shape index (κ2) is 12.0. The monoisotopic (exact) mass is 541 g/mol. The second-order valence-electron chi connectivity index (χ2n) is 8.49. The highest BCUT2D eigenvalue weighted by Gasteiger charge is 2.31. The number of benzene rings is 1. The van der Waals surface area contributed by atoms with E-state index in [1.54, 1.807) is 0 Å². The van der Waals surface area contributed by atoms with Crippen LogP contribution in [0.5, 0.6) is 0 Å². The fourth-order valence-corrected chi connectivity index (χ4v) is 4.81. The number of rotatable bonds is 5. The smallest absolute Gasteiger partial charge is 0.251 e. The molecule has 2 atom stereocenters. The zero-order chi connectivity index (χ0) is 20.8. The van der Waals surface area contributed by atoms with Crippen LogP contribution in [0.15, 0.2) is 35.3 Å². The third kappa shape index (κ3) is 6.32. The molecule has 2 unspecified atom stereocenters. The zero-order valence-corrected chi connectivity index (χ0v) is 20.9. The summed E-state index contributed by atoms with van der Waals surface area (Å²) in [6, 6.07) is 11.3. The molecule has 1 amide bonds. The lowest BCUT2D eigenvalue weighted by Gasteiger charge is -2.37. The van der Waals surface area contributed by atoms with E-state index >= 15 is 0 Å². The van der Waals surface area contributed by atoms with Crippen LogP contribution < -0.4 is 5.32 Å². The summed E-state index contributed by atoms with van der Waals surface area (Å²) in [5.41, 5.74) is 1.38. The summed E-state index contributed by atoms with van der Waals surface area (Å²) in [5.74, 6) is 1.11. The van der Waals surface area contributed by atoms with E-state index in [0.717, 1.165) is 71.2 Å². The Kier molecular flexibility index (Phi) is 9.40. The van der Waals surface area contributed by atoms with Crippen molar-refractivity contribution >= 4 is 35.8 Å². The number of aliphatic imine (C=N–C) groups is 1. The molecule has 3 aliphatic rings. The number of likely N-dealkylation sites (tertiary alicyclic amines) is 1. The SMILES string of the molecule is CN=C(NCC1CCCN1Cc1ccccc1)N1CCN(C(=O)C2CCCO2)CC1.I. The van der Waals surface area contributed by atoms with Crippen LogP contribution in [0, 0.1) is 0 Å². The summed E-state index contributed by atoms with van der Waals surface area (Å²) in [5, 5.41) is 3.60. The predicted octanol–water partition coefficient (Wildman–Crippen LogP) is 2.17. The minimum absolute atomic E-state index is 0. The molecule has 3 aliphatic heterocycles. The molecule has 3 fully saturated rings. The van der Waals surface area contributed by atoms with Crippen LogP contribution in [0.2, 0.25) is 0 Å². The summed E-state index contributed by atoms with van der Waals surface area (Å²) < 4.78 is 5.57. The third-order valence-electron chi connectivity index (χ3n) is 6.53. The van der Waals surface area contributed by atoms with E-state index in [0.29, 0.717) is 6.04 Å². The van der Waals surface area contributed by atoms with Crippen molar-refractivity contribution in [3.8, 4) is 0 Å². The number of amides is 1. The molecule has 7 nitrogen and oxygen atoms in total. The molecule has 3 saturated heterocycles. The Labute approximate surface area is 203 Å². The second-order valence-corrected chi connectivity index (χ2v) is 8.49. The molecule has 1 N–H and O–H groups in total. The van der Waals surface area contributed by atoms with Gasteiger partial charge in [0.15, 0.2) is 5.96 Å². The number of ether oxygens (including phenoxy) is 1. The lowest BCUT2D eigenvalue weighted by atomic mass is 10.2. The number of nitrogens with one attached hydrogen (secondary N) is 1. The Bertz CT molecular complexity index is 718. The fraction of sp³-hybridized carbons (Fsp3) is 0.652. The molecule has 0 saturated carbocycles. The Hall–Kier alpha value is -1.39. The first-order valence-electron chi connectivity index (χ1n) is 11.4. The first-order chi connectivity index (χ1) is 14.7. The quantitative estimate of drug-likeness (QED) is 0.352. The Morgan fingerprint density at radius 3 is 2.48 bits per heavy atom. The zero-order valence-electron chi connectivity index (χ0n) is 18.5. The summed E-state index contributed by atoms with van der Waals surface area (Å²) in [7, 11) is 1.85. The number of hydrogen-bond donors (Lipinski definition) is 1. The van der Waals surface area contributed by atoms with Crippen molar-refractivity contribution in [2.24, 2.45) is 4.99 Å². The number of carbonyl (C=O) groups excluding carboxylic acids is 1. The molecule has 172 valence electrons. The molecule has 0 radical (unpaired) electrons. The summed E-state index contributed by atoms with van der Waals surface area (Å²) in [6.07, 6.45) is 4.12. The molecule has 0 bridgehead atoms. The van der Waals surface area contributed by atoms with Gasteiger partial charge in [0.25, 0.3) is 5.91 Å². The highest BCUT2D eigenvalue weighted by Crippen LogP contribution is 2.20. The van der Waals surface area contributed by atoms with Crippen molar-refractivity contribution in [2.45, 2.75) is 44.4 Å². The normalized spacial score (nSPS) is 24.9. The molecule has 1 aromatic rings. The van der Waals surface area contributed by atoms with E-state index in [1.165, 1.54) is 18.4 Å². The lowest BCUT2D eigenvalue weighted by Crippen LogP contribution is -2.56. The number of hydrogen-bond acceptors (Lipinski definition) is 4. The minimum atomic E-state index is -0.216. The average molecular weight is 541 g/mol. The van der Waals surface area contributed by atoms with E-state index in [-0.39, 0.29) is 36.0 Å². The molecule has 4 rings (SSSR count). The Balaban J connectivity index is 0.00000272. The number of piperazine rings is 1. The maximum absolute atomic E-state index is 12.6. The fourth-order valence-electron chi connectivity index (χ4n) is 4.81. The lowest BCUT2D eigenvalue weighted by molar-refractivity contribution is -0.142. The van der Waals surface area contributed by atoms with Gasteiger partial charge in [-0.1, -0.05) is 30.3 Å². The highest BCUT2D eigenvalue weighted by atomic mass is 127. The summed E-state index contributed by atoms with van der Waals surface area (Å²) in [4.78, 5) is 23.9. The van der Waals surface area contributed by atoms with Gasteiger partial charge < -0.3 is 19.9 Å². The van der Waals surface area contributed by atoms with Gasteiger partial charge in [0.05, 0.1) is 0 Å². The number of carbonyl (C=O) groups is 1. The van der Waals surface area contributed by atoms with Gasteiger partial charge in [0.1, 0.15) is 6.10 Å². The van der Waals surface area contributed by atoms with E-state index in [2.05, 4.69) is 50.4 Å². The van der Waals surface area contributed by atoms with E-state index < -0.39 is 0 Å². The molecule has 1 aromatic carbocycles. The van der Waals surface area contributed by atoms with Crippen molar-refractivity contribution in [1.29, 1.82) is 0 Å². The van der Waals surface area contributed by atoms with Gasteiger partial charge in [-0.3, -0.25) is 14.7 Å². The molecular weight excluding hydrogens is 505 g/mol. The van der Waals surface area contributed by atoms with Crippen molar-refractivity contribution in [3.63, 3.8) is 0 Å². The first kappa shape index (κ1) is 24.3. The average Bonchev–Trinajstić information content (AvgIpc) is 3.47. The van der Waals surface area contributed by atoms with E-state index in [4.69, 9.17) is 4.74 Å². The highest BCUT2D eigenvalue weighted by molar-refractivity contribution is 14.0. The number of guanidine groups is 1. The van der Waals surface area contributed by atoms with Gasteiger partial charge in [0, 0.05) is 59.0 Å². The molecule has 0 spiro atoms. The van der Waals surface area contributed by atoms with Crippen molar-refractivity contribution in [1.82, 2.24) is 20.0 Å². The first-order valence-corrected chi connectivity index (χ1v) is 11.4. The maximum atomic E-state index is 12.6. The van der Waals surface area contributed by atoms with Crippen LogP contribution in [0.3, 0.4) is 0 Å². The number of halogens is 1. The van der Waals surface area contributed by atoms with Gasteiger partial charge in [-0.15, -0.1) is 24.0 Å². The van der Waals surface area contributed by atoms with Gasteiger partial charge in [0.2, 0.25) is 0 Å². The summed E-state index contributed by atoms with van der Waals surface area (Å²) >= 11 is 0. The largest absolute Gasteiger partial charge is 0.368 e. The van der Waals surface area contributed by atoms with Crippen LogP contribution in [0.4, 0.5) is 0 Å². The molecule has 0 aromatic heterocycles. The van der Waals surface area contributed by atoms with Crippen molar-refractivity contribution in [2.75, 3.05) is 52.9 Å². The Morgan fingerprint density at radius 1 is 1.06 bits per heavy atom. The van der Waals surface area contributed by atoms with Gasteiger partial charge >= 0.3 is 0 Å². The third-order valence-corrected chi connectivity index (χ3v) is 6.53. The van der Waals surface area contributed by atoms with Crippen LogP contribution in [-0.4, -0.2) is 91.6 Å². The predicted molar refractivity (Wildman–Crippen MR) is 134 cm³/mol. The van der Waals surface area contributed by atoms with Gasteiger partial charge in [-0.25, -0.2) is 0 Å².